The van der Waals surface area contributed by atoms with Crippen LogP contribution in [0.25, 0.3) is 11.1 Å². The van der Waals surface area contributed by atoms with Gasteiger partial charge in [-0.2, -0.15) is 0 Å². The number of hydrogen-bond acceptors (Lipinski definition) is 1. The number of halogens is 4. The van der Waals surface area contributed by atoms with Crippen molar-refractivity contribution in [1.29, 1.82) is 0 Å². The van der Waals surface area contributed by atoms with Crippen molar-refractivity contribution in [2.24, 2.45) is 0 Å². The topological polar surface area (TPSA) is 20.2 Å². The summed E-state index contributed by atoms with van der Waals surface area (Å²) in [6.45, 7) is 0. The van der Waals surface area contributed by atoms with Gasteiger partial charge in [-0.3, -0.25) is 0 Å². The second-order valence-electron chi connectivity index (χ2n) is 3.41. The van der Waals surface area contributed by atoms with E-state index in [2.05, 4.69) is 0 Å². The lowest BCUT2D eigenvalue weighted by Crippen LogP contribution is -1.83. The molecule has 0 aliphatic heterocycles. The minimum atomic E-state index is -0.0924. The quantitative estimate of drug-likeness (QED) is 0.719. The number of rotatable bonds is 1. The molecule has 17 heavy (non-hydrogen) atoms. The normalized spacial score (nSPS) is 10.6. The maximum atomic E-state index is 9.61. The maximum absolute atomic E-state index is 9.61. The Labute approximate surface area is 118 Å². The van der Waals surface area contributed by atoms with Gasteiger partial charge in [0.25, 0.3) is 0 Å². The van der Waals surface area contributed by atoms with Crippen molar-refractivity contribution in [3.05, 3.63) is 50.4 Å². The van der Waals surface area contributed by atoms with Crippen molar-refractivity contribution >= 4 is 46.4 Å². The van der Waals surface area contributed by atoms with Crippen molar-refractivity contribution in [2.75, 3.05) is 0 Å². The van der Waals surface area contributed by atoms with Crippen molar-refractivity contribution < 1.29 is 5.11 Å². The third kappa shape index (κ3) is 2.63. The zero-order valence-electron chi connectivity index (χ0n) is 8.35. The highest BCUT2D eigenvalue weighted by atomic mass is 35.5. The SMILES string of the molecule is Oc1cc(Cl)cc(-c2cc(Cl)ccc2Cl)c1Cl. The molecule has 1 nitrogen and oxygen atoms in total. The zero-order chi connectivity index (χ0) is 12.6. The molecule has 5 heteroatoms. The average Bonchev–Trinajstić information content (AvgIpc) is 2.27. The molecule has 0 amide bonds. The Morgan fingerprint density at radius 3 is 2.12 bits per heavy atom. The van der Waals surface area contributed by atoms with Gasteiger partial charge in [-0.15, -0.1) is 0 Å². The molecule has 0 unspecified atom stereocenters. The Morgan fingerprint density at radius 2 is 1.41 bits per heavy atom. The first-order valence-corrected chi connectivity index (χ1v) is 6.13. The number of benzene rings is 2. The molecule has 0 spiro atoms. The number of aromatic hydroxyl groups is 1. The van der Waals surface area contributed by atoms with E-state index in [4.69, 9.17) is 46.4 Å². The summed E-state index contributed by atoms with van der Waals surface area (Å²) in [7, 11) is 0. The molecule has 0 aliphatic carbocycles. The Balaban J connectivity index is 2.72. The van der Waals surface area contributed by atoms with E-state index >= 15 is 0 Å². The van der Waals surface area contributed by atoms with E-state index in [1.807, 2.05) is 0 Å². The lowest BCUT2D eigenvalue weighted by atomic mass is 10.1. The van der Waals surface area contributed by atoms with Crippen LogP contribution in [-0.2, 0) is 0 Å². The third-order valence-electron chi connectivity index (χ3n) is 2.24. The van der Waals surface area contributed by atoms with Gasteiger partial charge in [0.2, 0.25) is 0 Å². The van der Waals surface area contributed by atoms with Gasteiger partial charge in [-0.25, -0.2) is 0 Å². The molecule has 0 aromatic heterocycles. The van der Waals surface area contributed by atoms with Gasteiger partial charge in [0.1, 0.15) is 5.75 Å². The van der Waals surface area contributed by atoms with Crippen LogP contribution in [-0.4, -0.2) is 5.11 Å². The van der Waals surface area contributed by atoms with E-state index in [9.17, 15) is 5.11 Å². The minimum Gasteiger partial charge on any atom is -0.506 e. The van der Waals surface area contributed by atoms with Crippen LogP contribution < -0.4 is 0 Å². The van der Waals surface area contributed by atoms with Gasteiger partial charge in [0, 0.05) is 32.3 Å². The molecule has 0 atom stereocenters. The van der Waals surface area contributed by atoms with Crippen LogP contribution >= 0.6 is 46.4 Å². The molecular weight excluding hydrogens is 302 g/mol. The Bertz CT molecular complexity index is 581. The molecule has 0 fully saturated rings. The average molecular weight is 308 g/mol. The Kier molecular flexibility index (Phi) is 3.74. The molecule has 0 radical (unpaired) electrons. The van der Waals surface area contributed by atoms with Crippen LogP contribution in [0.2, 0.25) is 20.1 Å². The summed E-state index contributed by atoms with van der Waals surface area (Å²) in [5.74, 6) is -0.0924. The zero-order valence-corrected chi connectivity index (χ0v) is 11.4. The van der Waals surface area contributed by atoms with Crippen molar-refractivity contribution in [3.8, 4) is 16.9 Å². The van der Waals surface area contributed by atoms with E-state index in [0.717, 1.165) is 0 Å². The fraction of sp³-hybridized carbons (Fsp3) is 0. The van der Waals surface area contributed by atoms with Crippen LogP contribution in [0.5, 0.6) is 5.75 Å². The highest BCUT2D eigenvalue weighted by Crippen LogP contribution is 2.40. The standard InChI is InChI=1S/C12H6Cl4O/c13-6-1-2-10(15)8(3-6)9-4-7(14)5-11(17)12(9)16/h1-5,17H. The molecule has 2 aromatic carbocycles. The molecule has 0 saturated carbocycles. The second kappa shape index (κ2) is 4.95. The van der Waals surface area contributed by atoms with Gasteiger partial charge >= 0.3 is 0 Å². The monoisotopic (exact) mass is 306 g/mol. The maximum Gasteiger partial charge on any atom is 0.136 e. The highest BCUT2D eigenvalue weighted by Gasteiger charge is 2.13. The molecule has 0 aliphatic rings. The highest BCUT2D eigenvalue weighted by molar-refractivity contribution is 6.39. The van der Waals surface area contributed by atoms with Crippen LogP contribution in [0, 0.1) is 0 Å². The van der Waals surface area contributed by atoms with Gasteiger partial charge < -0.3 is 5.11 Å². The van der Waals surface area contributed by atoms with Crippen LogP contribution in [0.4, 0.5) is 0 Å². The van der Waals surface area contributed by atoms with E-state index in [1.165, 1.54) is 6.07 Å². The molecule has 2 aromatic rings. The van der Waals surface area contributed by atoms with E-state index < -0.39 is 0 Å². The summed E-state index contributed by atoms with van der Waals surface area (Å²) in [4.78, 5) is 0. The summed E-state index contributed by atoms with van der Waals surface area (Å²) in [5, 5.41) is 11.2. The first-order valence-electron chi connectivity index (χ1n) is 4.62. The van der Waals surface area contributed by atoms with Gasteiger partial charge in [-0.05, 0) is 24.3 Å². The fourth-order valence-electron chi connectivity index (χ4n) is 1.47. The third-order valence-corrected chi connectivity index (χ3v) is 3.42. The van der Waals surface area contributed by atoms with Gasteiger partial charge in [0.15, 0.2) is 0 Å². The number of phenolic OH excluding ortho intramolecular Hbond substituents is 1. The summed E-state index contributed by atoms with van der Waals surface area (Å²) < 4.78 is 0. The molecule has 0 bridgehead atoms. The van der Waals surface area contributed by atoms with E-state index in [1.54, 1.807) is 24.3 Å². The second-order valence-corrected chi connectivity index (χ2v) is 5.07. The minimum absolute atomic E-state index is 0.0924. The molecule has 0 saturated heterocycles. The van der Waals surface area contributed by atoms with Crippen LogP contribution in [0.1, 0.15) is 0 Å². The molecule has 1 N–H and O–H groups in total. The lowest BCUT2D eigenvalue weighted by molar-refractivity contribution is 0.476. The predicted octanol–water partition coefficient (Wildman–Crippen LogP) is 5.67. The van der Waals surface area contributed by atoms with Crippen LogP contribution in [0.15, 0.2) is 30.3 Å². The first kappa shape index (κ1) is 12.8. The Morgan fingerprint density at radius 1 is 0.765 bits per heavy atom. The van der Waals surface area contributed by atoms with Gasteiger partial charge in [-0.1, -0.05) is 46.4 Å². The number of hydrogen-bond donors (Lipinski definition) is 1. The van der Waals surface area contributed by atoms with E-state index in [-0.39, 0.29) is 10.8 Å². The fourth-order valence-corrected chi connectivity index (χ4v) is 2.29. The lowest BCUT2D eigenvalue weighted by Gasteiger charge is -2.09. The summed E-state index contributed by atoms with van der Waals surface area (Å²) in [6.07, 6.45) is 0. The van der Waals surface area contributed by atoms with Crippen molar-refractivity contribution in [3.63, 3.8) is 0 Å². The molecular formula is C12H6Cl4O. The predicted molar refractivity (Wildman–Crippen MR) is 73.6 cm³/mol. The smallest absolute Gasteiger partial charge is 0.136 e. The van der Waals surface area contributed by atoms with Gasteiger partial charge in [0.05, 0.1) is 5.02 Å². The molecule has 0 heterocycles. The molecule has 2 rings (SSSR count). The molecule has 88 valence electrons. The summed E-state index contributed by atoms with van der Waals surface area (Å²) in [5.41, 5.74) is 1.17. The largest absolute Gasteiger partial charge is 0.506 e. The van der Waals surface area contributed by atoms with Crippen LogP contribution in [0.3, 0.4) is 0 Å². The summed E-state index contributed by atoms with van der Waals surface area (Å²) >= 11 is 23.8. The number of phenols is 1. The Hall–Kier alpha value is -0.600. The first-order chi connectivity index (χ1) is 7.99. The van der Waals surface area contributed by atoms with E-state index in [0.29, 0.717) is 26.2 Å². The summed E-state index contributed by atoms with van der Waals surface area (Å²) in [6, 6.07) is 7.99. The van der Waals surface area contributed by atoms with Crippen molar-refractivity contribution in [2.45, 2.75) is 0 Å². The van der Waals surface area contributed by atoms with Crippen molar-refractivity contribution in [1.82, 2.24) is 0 Å².